The molecular formula is C35H40FN3O5. The maximum absolute atomic E-state index is 14.3. The van der Waals surface area contributed by atoms with E-state index < -0.39 is 18.2 Å². The van der Waals surface area contributed by atoms with E-state index in [1.165, 1.54) is 12.1 Å². The lowest BCUT2D eigenvalue weighted by Gasteiger charge is -2.33. The van der Waals surface area contributed by atoms with Crippen molar-refractivity contribution in [3.63, 3.8) is 0 Å². The van der Waals surface area contributed by atoms with Gasteiger partial charge in [0.05, 0.1) is 31.3 Å². The van der Waals surface area contributed by atoms with Crippen molar-refractivity contribution >= 4 is 17.9 Å². The number of methoxy groups -OCH3 is 1. The standard InChI is InChI=1S/C35H40FN3O5/c1-20-14-26(17-27(36)15-20)33-22(3)39(35(42)44-33)19-29-32(21(2)16-31(37-29)38-12-5-13-38)28-18-25(10-11-30(28)43-4)23-6-8-24(9-7-23)34(40)41/h10-11,14-18,22-24,33H,5-9,12-13,19H2,1-4H3,(H,40,41)/t22-,23?,24?,33-/m0/s1. The number of carboxylic acid groups (broad SMARTS) is 1. The number of carbonyl (C=O) groups is 2. The number of amides is 1. The molecule has 0 spiro atoms. The van der Waals surface area contributed by atoms with Crippen LogP contribution in [-0.2, 0) is 16.1 Å². The van der Waals surface area contributed by atoms with E-state index in [9.17, 15) is 19.1 Å². The number of rotatable bonds is 8. The van der Waals surface area contributed by atoms with E-state index in [0.717, 1.165) is 71.7 Å². The molecule has 2 atom stereocenters. The highest BCUT2D eigenvalue weighted by Gasteiger charge is 2.41. The number of carbonyl (C=O) groups excluding carboxylic acids is 1. The van der Waals surface area contributed by atoms with Gasteiger partial charge in [0.15, 0.2) is 0 Å². The van der Waals surface area contributed by atoms with Gasteiger partial charge in [-0.2, -0.15) is 0 Å². The number of pyridine rings is 1. The number of aliphatic carboxylic acids is 1. The van der Waals surface area contributed by atoms with Crippen molar-refractivity contribution in [1.29, 1.82) is 0 Å². The van der Waals surface area contributed by atoms with Crippen LogP contribution in [-0.4, -0.2) is 53.3 Å². The molecule has 2 saturated heterocycles. The molecule has 232 valence electrons. The minimum Gasteiger partial charge on any atom is -0.496 e. The summed E-state index contributed by atoms with van der Waals surface area (Å²) in [6.07, 6.45) is 3.02. The summed E-state index contributed by atoms with van der Waals surface area (Å²) in [6.45, 7) is 7.91. The maximum atomic E-state index is 14.3. The van der Waals surface area contributed by atoms with Crippen LogP contribution < -0.4 is 9.64 Å². The topological polar surface area (TPSA) is 92.2 Å². The molecule has 0 radical (unpaired) electrons. The van der Waals surface area contributed by atoms with E-state index in [1.807, 2.05) is 26.0 Å². The van der Waals surface area contributed by atoms with Gasteiger partial charge >= 0.3 is 12.1 Å². The van der Waals surface area contributed by atoms with Crippen molar-refractivity contribution < 1.29 is 28.6 Å². The molecule has 8 nitrogen and oxygen atoms in total. The van der Waals surface area contributed by atoms with Crippen LogP contribution in [0.3, 0.4) is 0 Å². The van der Waals surface area contributed by atoms with Crippen LogP contribution in [0, 0.1) is 25.6 Å². The molecule has 1 amide bonds. The highest BCUT2D eigenvalue weighted by Crippen LogP contribution is 2.43. The van der Waals surface area contributed by atoms with E-state index in [4.69, 9.17) is 14.5 Å². The normalized spacial score (nSPS) is 23.3. The number of halogens is 1. The zero-order chi connectivity index (χ0) is 31.1. The molecule has 1 aliphatic carbocycles. The summed E-state index contributed by atoms with van der Waals surface area (Å²) in [5, 5.41) is 9.48. The van der Waals surface area contributed by atoms with Crippen LogP contribution in [0.15, 0.2) is 42.5 Å². The van der Waals surface area contributed by atoms with Gasteiger partial charge in [0.25, 0.3) is 0 Å². The number of ether oxygens (including phenoxy) is 2. The van der Waals surface area contributed by atoms with Crippen LogP contribution in [0.2, 0.25) is 0 Å². The zero-order valence-electron chi connectivity index (χ0n) is 25.8. The summed E-state index contributed by atoms with van der Waals surface area (Å²) in [6, 6.07) is 12.7. The second-order valence-electron chi connectivity index (χ2n) is 12.5. The van der Waals surface area contributed by atoms with Crippen molar-refractivity contribution in [2.24, 2.45) is 5.92 Å². The Morgan fingerprint density at radius 2 is 1.82 bits per heavy atom. The SMILES string of the molecule is COc1ccc(C2CCC(C(=O)O)CC2)cc1-c1c(C)cc(N2CCC2)nc1CN1C(=O)O[C@H](c2cc(C)cc(F)c2)[C@@H]1C. The van der Waals surface area contributed by atoms with E-state index in [-0.39, 0.29) is 30.2 Å². The van der Waals surface area contributed by atoms with E-state index in [1.54, 1.807) is 12.0 Å². The summed E-state index contributed by atoms with van der Waals surface area (Å²) in [7, 11) is 1.65. The van der Waals surface area contributed by atoms with Crippen molar-refractivity contribution in [3.05, 3.63) is 76.2 Å². The minimum absolute atomic E-state index is 0.222. The molecule has 1 N–H and O–H groups in total. The number of benzene rings is 2. The van der Waals surface area contributed by atoms with Crippen LogP contribution in [0.4, 0.5) is 15.0 Å². The van der Waals surface area contributed by atoms with Gasteiger partial charge in [-0.1, -0.05) is 12.1 Å². The molecule has 1 aromatic heterocycles. The molecule has 9 heteroatoms. The van der Waals surface area contributed by atoms with Crippen LogP contribution in [0.1, 0.15) is 79.0 Å². The Balaban J connectivity index is 1.38. The first-order valence-corrected chi connectivity index (χ1v) is 15.5. The summed E-state index contributed by atoms with van der Waals surface area (Å²) in [4.78, 5) is 33.9. The number of hydrogen-bond donors (Lipinski definition) is 1. The third kappa shape index (κ3) is 5.72. The number of nitrogens with zero attached hydrogens (tertiary/aromatic N) is 3. The number of anilines is 1. The van der Waals surface area contributed by atoms with Gasteiger partial charge in [0.2, 0.25) is 0 Å². The predicted octanol–water partition coefficient (Wildman–Crippen LogP) is 7.16. The Morgan fingerprint density at radius 1 is 1.07 bits per heavy atom. The first-order valence-electron chi connectivity index (χ1n) is 15.5. The van der Waals surface area contributed by atoms with Gasteiger partial charge in [-0.3, -0.25) is 9.69 Å². The first-order chi connectivity index (χ1) is 21.1. The second-order valence-corrected chi connectivity index (χ2v) is 12.5. The van der Waals surface area contributed by atoms with Gasteiger partial charge in [-0.05, 0) is 111 Å². The third-order valence-corrected chi connectivity index (χ3v) is 9.60. The number of aryl methyl sites for hydroxylation is 2. The van der Waals surface area contributed by atoms with Gasteiger partial charge in [0, 0.05) is 24.2 Å². The molecular weight excluding hydrogens is 561 g/mol. The fraction of sp³-hybridized carbons (Fsp3) is 0.457. The Morgan fingerprint density at radius 3 is 2.45 bits per heavy atom. The van der Waals surface area contributed by atoms with Gasteiger partial charge in [-0.15, -0.1) is 0 Å². The smallest absolute Gasteiger partial charge is 0.411 e. The van der Waals surface area contributed by atoms with Crippen molar-refractivity contribution in [2.45, 2.75) is 77.5 Å². The number of carboxylic acids is 1. The van der Waals surface area contributed by atoms with Crippen molar-refractivity contribution in [3.8, 4) is 16.9 Å². The van der Waals surface area contributed by atoms with Crippen molar-refractivity contribution in [1.82, 2.24) is 9.88 Å². The maximum Gasteiger partial charge on any atom is 0.411 e. The number of cyclic esters (lactones) is 1. The Labute approximate surface area is 257 Å². The fourth-order valence-electron chi connectivity index (χ4n) is 7.01. The largest absolute Gasteiger partial charge is 0.496 e. The third-order valence-electron chi connectivity index (χ3n) is 9.60. The molecule has 3 heterocycles. The average Bonchev–Trinajstić information content (AvgIpc) is 3.24. The molecule has 0 unspecified atom stereocenters. The fourth-order valence-corrected chi connectivity index (χ4v) is 7.01. The molecule has 2 aliphatic heterocycles. The highest BCUT2D eigenvalue weighted by molar-refractivity contribution is 5.78. The molecule has 3 fully saturated rings. The lowest BCUT2D eigenvalue weighted by molar-refractivity contribution is -0.142. The second kappa shape index (κ2) is 12.1. The molecule has 2 aromatic carbocycles. The van der Waals surface area contributed by atoms with Crippen LogP contribution in [0.25, 0.3) is 11.1 Å². The molecule has 3 aliphatic rings. The van der Waals surface area contributed by atoms with E-state index >= 15 is 0 Å². The quantitative estimate of drug-likeness (QED) is 0.293. The average molecular weight is 602 g/mol. The molecule has 1 saturated carbocycles. The molecule has 0 bridgehead atoms. The zero-order valence-corrected chi connectivity index (χ0v) is 25.8. The minimum atomic E-state index is -0.711. The molecule has 6 rings (SSSR count). The lowest BCUT2D eigenvalue weighted by Crippen LogP contribution is -2.38. The monoisotopic (exact) mass is 601 g/mol. The summed E-state index contributed by atoms with van der Waals surface area (Å²) >= 11 is 0. The van der Waals surface area contributed by atoms with E-state index in [0.29, 0.717) is 24.2 Å². The molecule has 3 aromatic rings. The molecule has 44 heavy (non-hydrogen) atoms. The Bertz CT molecular complexity index is 1560. The Hall–Kier alpha value is -4.14. The summed E-state index contributed by atoms with van der Waals surface area (Å²) < 4.78 is 26.0. The Kier molecular flexibility index (Phi) is 8.22. The number of hydrogen-bond acceptors (Lipinski definition) is 6. The van der Waals surface area contributed by atoms with Crippen LogP contribution >= 0.6 is 0 Å². The number of aromatic nitrogens is 1. The van der Waals surface area contributed by atoms with Crippen LogP contribution in [0.5, 0.6) is 5.75 Å². The first kappa shape index (κ1) is 29.9. The van der Waals surface area contributed by atoms with Gasteiger partial charge in [0.1, 0.15) is 23.5 Å². The van der Waals surface area contributed by atoms with Gasteiger partial charge < -0.3 is 19.5 Å². The van der Waals surface area contributed by atoms with E-state index in [2.05, 4.69) is 30.0 Å². The lowest BCUT2D eigenvalue weighted by atomic mass is 9.78. The summed E-state index contributed by atoms with van der Waals surface area (Å²) in [5.74, 6) is 0.506. The predicted molar refractivity (Wildman–Crippen MR) is 165 cm³/mol. The summed E-state index contributed by atoms with van der Waals surface area (Å²) in [5.41, 5.74) is 6.15. The van der Waals surface area contributed by atoms with Crippen molar-refractivity contribution in [2.75, 3.05) is 25.1 Å². The van der Waals surface area contributed by atoms with Gasteiger partial charge in [-0.25, -0.2) is 14.2 Å². The highest BCUT2D eigenvalue weighted by atomic mass is 19.1.